The topological polar surface area (TPSA) is 55.8 Å². The molecule has 1 aromatic carbocycles. The summed E-state index contributed by atoms with van der Waals surface area (Å²) in [7, 11) is 0. The maximum Gasteiger partial charge on any atom is 0.238 e. The molecule has 0 saturated carbocycles. The van der Waals surface area contributed by atoms with Crippen LogP contribution >= 0.6 is 11.6 Å². The van der Waals surface area contributed by atoms with Gasteiger partial charge in [-0.2, -0.15) is 0 Å². The summed E-state index contributed by atoms with van der Waals surface area (Å²) in [5.41, 5.74) is 0.651. The Balaban J connectivity index is 1.77. The van der Waals surface area contributed by atoms with Crippen molar-refractivity contribution in [2.45, 2.75) is 0 Å². The number of nitrogens with one attached hydrogen (secondary N) is 1. The molecule has 1 aromatic rings. The van der Waals surface area contributed by atoms with E-state index in [1.165, 1.54) is 0 Å². The average Bonchev–Trinajstić information content (AvgIpc) is 2.44. The molecule has 1 amide bonds. The summed E-state index contributed by atoms with van der Waals surface area (Å²) < 4.78 is 0. The Kier molecular flexibility index (Phi) is 5.79. The standard InChI is InChI=1S/C14H20ClN3O2/c15-12-3-1-2-4-13(12)16-14(20)11-18-7-5-17(6-8-18)9-10-19/h1-4,19H,5-11H2,(H,16,20). The Morgan fingerprint density at radius 2 is 1.85 bits per heavy atom. The Hall–Kier alpha value is -1.14. The Morgan fingerprint density at radius 3 is 2.50 bits per heavy atom. The SMILES string of the molecule is O=C(CN1CCN(CCO)CC1)Nc1ccccc1Cl. The van der Waals surface area contributed by atoms with Gasteiger partial charge in [-0.3, -0.25) is 14.6 Å². The number of anilines is 1. The third-order valence-electron chi connectivity index (χ3n) is 3.40. The van der Waals surface area contributed by atoms with Gasteiger partial charge in [-0.25, -0.2) is 0 Å². The highest BCUT2D eigenvalue weighted by Gasteiger charge is 2.18. The molecule has 110 valence electrons. The van der Waals surface area contributed by atoms with Gasteiger partial charge in [0.05, 0.1) is 23.9 Å². The molecular weight excluding hydrogens is 278 g/mol. The number of aliphatic hydroxyl groups excluding tert-OH is 1. The highest BCUT2D eigenvalue weighted by atomic mass is 35.5. The number of benzene rings is 1. The first-order valence-corrected chi connectivity index (χ1v) is 7.17. The van der Waals surface area contributed by atoms with Crippen molar-refractivity contribution in [2.75, 3.05) is 51.2 Å². The molecule has 0 radical (unpaired) electrons. The lowest BCUT2D eigenvalue weighted by atomic mass is 10.3. The second kappa shape index (κ2) is 7.59. The van der Waals surface area contributed by atoms with E-state index in [1.807, 2.05) is 12.1 Å². The van der Waals surface area contributed by atoms with Crippen LogP contribution in [-0.2, 0) is 4.79 Å². The fourth-order valence-corrected chi connectivity index (χ4v) is 2.45. The summed E-state index contributed by atoms with van der Waals surface area (Å²) in [6.45, 7) is 4.73. The first-order valence-electron chi connectivity index (χ1n) is 6.79. The smallest absolute Gasteiger partial charge is 0.238 e. The summed E-state index contributed by atoms with van der Waals surface area (Å²) in [6, 6.07) is 7.22. The van der Waals surface area contributed by atoms with Crippen molar-refractivity contribution in [1.29, 1.82) is 0 Å². The molecule has 1 fully saturated rings. The van der Waals surface area contributed by atoms with Crippen molar-refractivity contribution < 1.29 is 9.90 Å². The van der Waals surface area contributed by atoms with Crippen LogP contribution in [0.15, 0.2) is 24.3 Å². The Labute approximate surface area is 124 Å². The molecule has 0 aromatic heterocycles. The van der Waals surface area contributed by atoms with Crippen LogP contribution in [0.25, 0.3) is 0 Å². The quantitative estimate of drug-likeness (QED) is 0.847. The first-order chi connectivity index (χ1) is 9.69. The monoisotopic (exact) mass is 297 g/mol. The van der Waals surface area contributed by atoms with Crippen LogP contribution in [0.4, 0.5) is 5.69 Å². The van der Waals surface area contributed by atoms with Crippen LogP contribution in [0.2, 0.25) is 5.02 Å². The average molecular weight is 298 g/mol. The fourth-order valence-electron chi connectivity index (χ4n) is 2.27. The number of aliphatic hydroxyl groups is 1. The van der Waals surface area contributed by atoms with Gasteiger partial charge in [0, 0.05) is 32.7 Å². The zero-order chi connectivity index (χ0) is 14.4. The molecule has 0 bridgehead atoms. The molecule has 1 aliphatic rings. The van der Waals surface area contributed by atoms with Gasteiger partial charge in [-0.15, -0.1) is 0 Å². The van der Waals surface area contributed by atoms with Gasteiger partial charge >= 0.3 is 0 Å². The van der Waals surface area contributed by atoms with E-state index in [2.05, 4.69) is 15.1 Å². The van der Waals surface area contributed by atoms with Crippen LogP contribution in [0.1, 0.15) is 0 Å². The molecule has 5 nitrogen and oxygen atoms in total. The predicted octanol–water partition coefficient (Wildman–Crippen LogP) is 0.888. The van der Waals surface area contributed by atoms with E-state index >= 15 is 0 Å². The van der Waals surface area contributed by atoms with Crippen molar-refractivity contribution in [1.82, 2.24) is 9.80 Å². The molecule has 2 rings (SSSR count). The van der Waals surface area contributed by atoms with Crippen LogP contribution in [0, 0.1) is 0 Å². The number of nitrogens with zero attached hydrogens (tertiary/aromatic N) is 2. The minimum Gasteiger partial charge on any atom is -0.395 e. The zero-order valence-corrected chi connectivity index (χ0v) is 12.1. The predicted molar refractivity (Wildman–Crippen MR) is 80.0 cm³/mol. The van der Waals surface area contributed by atoms with E-state index in [0.29, 0.717) is 23.8 Å². The molecule has 1 heterocycles. The van der Waals surface area contributed by atoms with E-state index in [-0.39, 0.29) is 12.5 Å². The number of hydrogen-bond acceptors (Lipinski definition) is 4. The second-order valence-corrected chi connectivity index (χ2v) is 5.28. The molecule has 1 saturated heterocycles. The summed E-state index contributed by atoms with van der Waals surface area (Å²) in [4.78, 5) is 16.3. The zero-order valence-electron chi connectivity index (χ0n) is 11.4. The van der Waals surface area contributed by atoms with Gasteiger partial charge in [0.2, 0.25) is 5.91 Å². The molecule has 6 heteroatoms. The first kappa shape index (κ1) is 15.3. The number of rotatable bonds is 5. The van der Waals surface area contributed by atoms with Crippen molar-refractivity contribution in [2.24, 2.45) is 0 Å². The molecule has 0 aliphatic carbocycles. The number of halogens is 1. The molecule has 2 N–H and O–H groups in total. The maximum atomic E-state index is 12.0. The van der Waals surface area contributed by atoms with Crippen LogP contribution in [0.5, 0.6) is 0 Å². The van der Waals surface area contributed by atoms with Crippen molar-refractivity contribution in [3.63, 3.8) is 0 Å². The minimum absolute atomic E-state index is 0.0475. The number of hydrogen-bond donors (Lipinski definition) is 2. The molecule has 0 atom stereocenters. The normalized spacial score (nSPS) is 17.1. The van der Waals surface area contributed by atoms with E-state index in [9.17, 15) is 4.79 Å². The number of para-hydroxylation sites is 1. The van der Waals surface area contributed by atoms with Crippen LogP contribution in [0.3, 0.4) is 0 Å². The maximum absolute atomic E-state index is 12.0. The van der Waals surface area contributed by atoms with Crippen molar-refractivity contribution in [3.05, 3.63) is 29.3 Å². The van der Waals surface area contributed by atoms with E-state index in [0.717, 1.165) is 26.2 Å². The second-order valence-electron chi connectivity index (χ2n) is 4.87. The lowest BCUT2D eigenvalue weighted by Crippen LogP contribution is -2.49. The number of carbonyl (C=O) groups is 1. The third kappa shape index (κ3) is 4.45. The van der Waals surface area contributed by atoms with Gasteiger partial charge in [-0.05, 0) is 12.1 Å². The number of carbonyl (C=O) groups excluding carboxylic acids is 1. The lowest BCUT2D eigenvalue weighted by molar-refractivity contribution is -0.117. The summed E-state index contributed by atoms with van der Waals surface area (Å²) in [5.74, 6) is -0.0475. The van der Waals surface area contributed by atoms with Crippen molar-refractivity contribution >= 4 is 23.2 Å². The van der Waals surface area contributed by atoms with Gasteiger partial charge in [0.1, 0.15) is 0 Å². The summed E-state index contributed by atoms with van der Waals surface area (Å²) in [5, 5.41) is 12.3. The van der Waals surface area contributed by atoms with Gasteiger partial charge in [0.15, 0.2) is 0 Å². The summed E-state index contributed by atoms with van der Waals surface area (Å²) >= 11 is 6.01. The highest BCUT2D eigenvalue weighted by Crippen LogP contribution is 2.20. The van der Waals surface area contributed by atoms with E-state index in [4.69, 9.17) is 16.7 Å². The molecule has 0 spiro atoms. The molecular formula is C14H20ClN3O2. The number of β-amino-alcohol motifs (C(OH)–C–C–N with tert-alkyl or cyclic N) is 1. The van der Waals surface area contributed by atoms with Crippen LogP contribution in [-0.4, -0.2) is 66.7 Å². The highest BCUT2D eigenvalue weighted by molar-refractivity contribution is 6.33. The van der Waals surface area contributed by atoms with Crippen molar-refractivity contribution in [3.8, 4) is 0 Å². The van der Waals surface area contributed by atoms with Gasteiger partial charge in [0.25, 0.3) is 0 Å². The largest absolute Gasteiger partial charge is 0.395 e. The van der Waals surface area contributed by atoms with Gasteiger partial charge < -0.3 is 10.4 Å². The fraction of sp³-hybridized carbons (Fsp3) is 0.500. The Morgan fingerprint density at radius 1 is 1.20 bits per heavy atom. The number of amides is 1. The minimum atomic E-state index is -0.0475. The number of piperazine rings is 1. The lowest BCUT2D eigenvalue weighted by Gasteiger charge is -2.33. The Bertz CT molecular complexity index is 448. The van der Waals surface area contributed by atoms with E-state index in [1.54, 1.807) is 12.1 Å². The molecule has 20 heavy (non-hydrogen) atoms. The molecule has 1 aliphatic heterocycles. The third-order valence-corrected chi connectivity index (χ3v) is 3.73. The van der Waals surface area contributed by atoms with Gasteiger partial charge in [-0.1, -0.05) is 23.7 Å². The van der Waals surface area contributed by atoms with E-state index < -0.39 is 0 Å². The molecule has 0 unspecified atom stereocenters. The van der Waals surface area contributed by atoms with Crippen LogP contribution < -0.4 is 5.32 Å². The summed E-state index contributed by atoms with van der Waals surface area (Å²) in [6.07, 6.45) is 0.